The van der Waals surface area contributed by atoms with Crippen molar-refractivity contribution < 1.29 is 5.11 Å². The molecule has 2 heteroatoms. The second kappa shape index (κ2) is 5.65. The van der Waals surface area contributed by atoms with E-state index in [1.165, 1.54) is 19.3 Å². The van der Waals surface area contributed by atoms with E-state index in [1.807, 2.05) is 30.3 Å². The van der Waals surface area contributed by atoms with Crippen LogP contribution in [0.25, 0.3) is 0 Å². The maximum atomic E-state index is 10.3. The number of hydrogen-bond acceptors (Lipinski definition) is 2. The molecule has 2 rings (SSSR count). The number of nitrogens with zero attached hydrogens (tertiary/aromatic N) is 1. The van der Waals surface area contributed by atoms with E-state index < -0.39 is 0 Å². The Kier molecular flexibility index (Phi) is 4.19. The smallest absolute Gasteiger partial charge is 0.0917 e. The first-order valence-corrected chi connectivity index (χ1v) is 6.67. The van der Waals surface area contributed by atoms with E-state index >= 15 is 0 Å². The monoisotopic (exact) mass is 233 g/mol. The fourth-order valence-electron chi connectivity index (χ4n) is 2.81. The molecular weight excluding hydrogens is 210 g/mol. The molecule has 1 aliphatic heterocycles. The van der Waals surface area contributed by atoms with Gasteiger partial charge in [-0.2, -0.15) is 0 Å². The summed E-state index contributed by atoms with van der Waals surface area (Å²) in [6.07, 6.45) is 3.47. The normalized spacial score (nSPS) is 27.9. The molecule has 1 saturated heterocycles. The third kappa shape index (κ3) is 3.08. The van der Waals surface area contributed by atoms with E-state index in [0.29, 0.717) is 12.1 Å². The molecule has 0 spiro atoms. The second-order valence-electron chi connectivity index (χ2n) is 5.25. The van der Waals surface area contributed by atoms with E-state index in [1.54, 1.807) is 0 Å². The molecule has 0 bridgehead atoms. The van der Waals surface area contributed by atoms with Gasteiger partial charge >= 0.3 is 0 Å². The number of aliphatic hydroxyl groups excluding tert-OH is 1. The molecule has 0 saturated carbocycles. The number of aliphatic hydroxyl groups is 1. The summed E-state index contributed by atoms with van der Waals surface area (Å²) in [4.78, 5) is 2.45. The Morgan fingerprint density at radius 2 is 1.76 bits per heavy atom. The van der Waals surface area contributed by atoms with Gasteiger partial charge in [-0.25, -0.2) is 0 Å². The third-order valence-electron chi connectivity index (χ3n) is 3.94. The largest absolute Gasteiger partial charge is 0.387 e. The zero-order valence-electron chi connectivity index (χ0n) is 10.8. The Labute approximate surface area is 104 Å². The predicted molar refractivity (Wildman–Crippen MR) is 70.9 cm³/mol. The molecule has 0 aromatic heterocycles. The average molecular weight is 233 g/mol. The van der Waals surface area contributed by atoms with Crippen molar-refractivity contribution in [2.24, 2.45) is 0 Å². The van der Waals surface area contributed by atoms with E-state index in [2.05, 4.69) is 18.7 Å². The number of benzene rings is 1. The van der Waals surface area contributed by atoms with E-state index in [9.17, 15) is 5.11 Å². The highest BCUT2D eigenvalue weighted by Crippen LogP contribution is 2.25. The molecule has 17 heavy (non-hydrogen) atoms. The van der Waals surface area contributed by atoms with Crippen LogP contribution in [-0.4, -0.2) is 28.6 Å². The molecule has 0 amide bonds. The molecular formula is C15H23NO. The lowest BCUT2D eigenvalue weighted by Crippen LogP contribution is -2.45. The van der Waals surface area contributed by atoms with Crippen LogP contribution in [0.5, 0.6) is 0 Å². The lowest BCUT2D eigenvalue weighted by molar-refractivity contribution is 0.0412. The number of rotatable bonds is 3. The van der Waals surface area contributed by atoms with Crippen molar-refractivity contribution in [3.63, 3.8) is 0 Å². The van der Waals surface area contributed by atoms with Crippen molar-refractivity contribution in [3.8, 4) is 0 Å². The van der Waals surface area contributed by atoms with Crippen LogP contribution in [0.3, 0.4) is 0 Å². The summed E-state index contributed by atoms with van der Waals surface area (Å²) in [5.74, 6) is 0. The summed E-state index contributed by atoms with van der Waals surface area (Å²) < 4.78 is 0. The molecule has 1 fully saturated rings. The Morgan fingerprint density at radius 1 is 1.18 bits per heavy atom. The van der Waals surface area contributed by atoms with Crippen molar-refractivity contribution in [3.05, 3.63) is 35.9 Å². The van der Waals surface area contributed by atoms with Gasteiger partial charge in [0.15, 0.2) is 0 Å². The van der Waals surface area contributed by atoms with E-state index in [0.717, 1.165) is 12.1 Å². The fourth-order valence-corrected chi connectivity index (χ4v) is 2.81. The molecule has 2 nitrogen and oxygen atoms in total. The highest BCUT2D eigenvalue weighted by molar-refractivity contribution is 5.17. The fraction of sp³-hybridized carbons (Fsp3) is 0.600. The van der Waals surface area contributed by atoms with E-state index in [4.69, 9.17) is 0 Å². The molecule has 0 aliphatic carbocycles. The van der Waals surface area contributed by atoms with Crippen LogP contribution in [-0.2, 0) is 0 Å². The van der Waals surface area contributed by atoms with E-state index in [-0.39, 0.29) is 6.10 Å². The highest BCUT2D eigenvalue weighted by atomic mass is 16.3. The second-order valence-corrected chi connectivity index (χ2v) is 5.25. The summed E-state index contributed by atoms with van der Waals surface area (Å²) in [7, 11) is 0. The Balaban J connectivity index is 2.00. The lowest BCUT2D eigenvalue weighted by Gasteiger charge is -2.40. The van der Waals surface area contributed by atoms with Crippen molar-refractivity contribution in [1.29, 1.82) is 0 Å². The third-order valence-corrected chi connectivity index (χ3v) is 3.94. The predicted octanol–water partition coefficient (Wildman–Crippen LogP) is 2.98. The number of β-amino-alcohol motifs (C(OH)–C–C–N with tert-alkyl or cyclic N) is 1. The summed E-state index contributed by atoms with van der Waals surface area (Å²) in [6, 6.07) is 11.2. The van der Waals surface area contributed by atoms with Gasteiger partial charge in [0.05, 0.1) is 6.10 Å². The van der Waals surface area contributed by atoms with Gasteiger partial charge in [0.1, 0.15) is 0 Å². The number of hydrogen-bond donors (Lipinski definition) is 1. The first-order chi connectivity index (χ1) is 8.18. The summed E-state index contributed by atoms with van der Waals surface area (Å²) in [5, 5.41) is 10.3. The van der Waals surface area contributed by atoms with Gasteiger partial charge in [-0.15, -0.1) is 0 Å². The number of likely N-dealkylation sites (tertiary alicyclic amines) is 1. The minimum absolute atomic E-state index is 0.362. The van der Waals surface area contributed by atoms with Crippen molar-refractivity contribution >= 4 is 0 Å². The Hall–Kier alpha value is -0.860. The zero-order chi connectivity index (χ0) is 12.3. The molecule has 94 valence electrons. The summed E-state index contributed by atoms with van der Waals surface area (Å²) >= 11 is 0. The van der Waals surface area contributed by atoms with Crippen molar-refractivity contribution in [2.45, 2.75) is 51.3 Å². The van der Waals surface area contributed by atoms with Crippen LogP contribution in [0.15, 0.2) is 30.3 Å². The maximum absolute atomic E-state index is 10.3. The van der Waals surface area contributed by atoms with Crippen LogP contribution in [0, 0.1) is 0 Å². The topological polar surface area (TPSA) is 23.5 Å². The van der Waals surface area contributed by atoms with Gasteiger partial charge in [0, 0.05) is 18.6 Å². The van der Waals surface area contributed by atoms with Gasteiger partial charge in [-0.3, -0.25) is 4.90 Å². The quantitative estimate of drug-likeness (QED) is 0.867. The molecule has 1 unspecified atom stereocenters. The standard InChI is InChI=1S/C15H23NO/c1-12-7-6-8-13(2)16(12)11-15(17)14-9-4-3-5-10-14/h3-5,9-10,12-13,15,17H,6-8,11H2,1-2H3/t12-,13+,15?. The molecule has 1 aliphatic rings. The molecule has 1 aromatic carbocycles. The van der Waals surface area contributed by atoms with Crippen LogP contribution in [0.2, 0.25) is 0 Å². The van der Waals surface area contributed by atoms with Gasteiger partial charge in [0.2, 0.25) is 0 Å². The first-order valence-electron chi connectivity index (χ1n) is 6.67. The van der Waals surface area contributed by atoms with Crippen molar-refractivity contribution in [2.75, 3.05) is 6.54 Å². The minimum atomic E-state index is -0.362. The van der Waals surface area contributed by atoms with Gasteiger partial charge in [0.25, 0.3) is 0 Å². The van der Waals surface area contributed by atoms with Gasteiger partial charge in [-0.1, -0.05) is 36.8 Å². The first kappa shape index (κ1) is 12.6. The van der Waals surface area contributed by atoms with Crippen LogP contribution in [0.1, 0.15) is 44.8 Å². The molecule has 1 heterocycles. The Bertz CT molecular complexity index is 328. The molecule has 1 N–H and O–H groups in total. The minimum Gasteiger partial charge on any atom is -0.387 e. The van der Waals surface area contributed by atoms with Crippen molar-refractivity contribution in [1.82, 2.24) is 4.90 Å². The summed E-state index contributed by atoms with van der Waals surface area (Å²) in [5.41, 5.74) is 1.03. The summed E-state index contributed by atoms with van der Waals surface area (Å²) in [6.45, 7) is 5.30. The number of piperidine rings is 1. The lowest BCUT2D eigenvalue weighted by atomic mass is 9.96. The van der Waals surface area contributed by atoms with Crippen LogP contribution >= 0.6 is 0 Å². The van der Waals surface area contributed by atoms with Gasteiger partial charge in [-0.05, 0) is 32.3 Å². The van der Waals surface area contributed by atoms with Crippen LogP contribution < -0.4 is 0 Å². The van der Waals surface area contributed by atoms with Gasteiger partial charge < -0.3 is 5.11 Å². The zero-order valence-corrected chi connectivity index (χ0v) is 10.8. The maximum Gasteiger partial charge on any atom is 0.0917 e. The molecule has 0 radical (unpaired) electrons. The molecule has 3 atom stereocenters. The average Bonchev–Trinajstić information content (AvgIpc) is 2.35. The highest BCUT2D eigenvalue weighted by Gasteiger charge is 2.26. The Morgan fingerprint density at radius 3 is 2.35 bits per heavy atom. The van der Waals surface area contributed by atoms with Crippen LogP contribution in [0.4, 0.5) is 0 Å². The molecule has 1 aromatic rings. The SMILES string of the molecule is C[C@@H]1CCC[C@H](C)N1CC(O)c1ccccc1.